The molecule has 3 heteroatoms. The van der Waals surface area contributed by atoms with Crippen LogP contribution in [-0.2, 0) is 0 Å². The summed E-state index contributed by atoms with van der Waals surface area (Å²) in [6.07, 6.45) is 0. The van der Waals surface area contributed by atoms with Gasteiger partial charge in [-0.05, 0) is 36.4 Å². The quantitative estimate of drug-likeness (QED) is 0.334. The van der Waals surface area contributed by atoms with Crippen LogP contribution in [0.3, 0.4) is 0 Å². The molecule has 0 atom stereocenters. The minimum atomic E-state index is 0.648. The molecule has 0 fully saturated rings. The van der Waals surface area contributed by atoms with Gasteiger partial charge in [0.2, 0.25) is 0 Å². The lowest BCUT2D eigenvalue weighted by Gasteiger charge is -2.09. The molecule has 130 valence electrons. The van der Waals surface area contributed by atoms with Crippen molar-refractivity contribution in [3.8, 4) is 11.8 Å². The van der Waals surface area contributed by atoms with Crippen molar-refractivity contribution in [2.75, 3.05) is 0 Å². The van der Waals surface area contributed by atoms with Crippen molar-refractivity contribution >= 4 is 43.7 Å². The third kappa shape index (κ3) is 1.87. The van der Waals surface area contributed by atoms with Gasteiger partial charge in [0.05, 0.1) is 27.7 Å². The molecule has 6 rings (SSSR count). The lowest BCUT2D eigenvalue weighted by Crippen LogP contribution is -1.96. The van der Waals surface area contributed by atoms with Crippen LogP contribution in [-0.4, -0.2) is 4.57 Å². The summed E-state index contributed by atoms with van der Waals surface area (Å²) in [4.78, 5) is 0. The highest BCUT2D eigenvalue weighted by atomic mass is 16.3. The molecule has 6 aromatic rings. The van der Waals surface area contributed by atoms with Crippen LogP contribution in [0.4, 0.5) is 0 Å². The van der Waals surface area contributed by atoms with E-state index in [-0.39, 0.29) is 0 Å². The standard InChI is InChI=1S/C25H14N2O/c26-15-16-7-1-4-10-20(16)27-21-11-5-2-9-19(21)24-22(27)14-13-18-17-8-3-6-12-23(17)28-25(18)24/h1-14H. The van der Waals surface area contributed by atoms with Crippen molar-refractivity contribution in [2.45, 2.75) is 0 Å². The minimum absolute atomic E-state index is 0.648. The van der Waals surface area contributed by atoms with E-state index in [1.807, 2.05) is 54.6 Å². The highest BCUT2D eigenvalue weighted by Crippen LogP contribution is 2.40. The Morgan fingerprint density at radius 2 is 1.43 bits per heavy atom. The Bertz CT molecular complexity index is 1580. The van der Waals surface area contributed by atoms with E-state index < -0.39 is 0 Å². The summed E-state index contributed by atoms with van der Waals surface area (Å²) in [6, 6.07) is 30.7. The molecule has 0 aliphatic rings. The molecule has 4 aromatic carbocycles. The average molecular weight is 358 g/mol. The summed E-state index contributed by atoms with van der Waals surface area (Å²) < 4.78 is 8.46. The molecule has 0 N–H and O–H groups in total. The molecule has 0 spiro atoms. The van der Waals surface area contributed by atoms with Crippen molar-refractivity contribution in [2.24, 2.45) is 0 Å². The monoisotopic (exact) mass is 358 g/mol. The van der Waals surface area contributed by atoms with Crippen LogP contribution < -0.4 is 0 Å². The largest absolute Gasteiger partial charge is 0.455 e. The molecule has 2 aromatic heterocycles. The molecule has 0 bridgehead atoms. The fourth-order valence-electron chi connectivity index (χ4n) is 4.26. The molecular weight excluding hydrogens is 344 g/mol. The van der Waals surface area contributed by atoms with E-state index in [1.54, 1.807) is 0 Å². The Labute approximate surface area is 160 Å². The van der Waals surface area contributed by atoms with Crippen LogP contribution in [0.2, 0.25) is 0 Å². The first kappa shape index (κ1) is 15.1. The molecule has 3 nitrogen and oxygen atoms in total. The summed E-state index contributed by atoms with van der Waals surface area (Å²) in [7, 11) is 0. The van der Waals surface area contributed by atoms with Gasteiger partial charge >= 0.3 is 0 Å². The predicted octanol–water partition coefficient (Wildman–Crippen LogP) is 6.55. The zero-order chi connectivity index (χ0) is 18.7. The van der Waals surface area contributed by atoms with Crippen molar-refractivity contribution in [3.63, 3.8) is 0 Å². The lowest BCUT2D eigenvalue weighted by molar-refractivity contribution is 0.673. The SMILES string of the molecule is N#Cc1ccccc1-n1c2ccccc2c2c3oc4ccccc4c3ccc21. The number of benzene rings is 4. The number of hydrogen-bond donors (Lipinski definition) is 0. The smallest absolute Gasteiger partial charge is 0.145 e. The second-order valence-corrected chi connectivity index (χ2v) is 6.92. The van der Waals surface area contributed by atoms with E-state index in [9.17, 15) is 5.26 Å². The summed E-state index contributed by atoms with van der Waals surface area (Å²) in [5.74, 6) is 0. The van der Waals surface area contributed by atoms with Crippen LogP contribution in [0.5, 0.6) is 0 Å². The third-order valence-corrected chi connectivity index (χ3v) is 5.45. The second-order valence-electron chi connectivity index (χ2n) is 6.92. The molecule has 0 unspecified atom stereocenters. The zero-order valence-electron chi connectivity index (χ0n) is 14.9. The fourth-order valence-corrected chi connectivity index (χ4v) is 4.26. The van der Waals surface area contributed by atoms with Gasteiger partial charge in [0.1, 0.15) is 17.2 Å². The van der Waals surface area contributed by atoms with Crippen LogP contribution in [0.15, 0.2) is 89.3 Å². The van der Waals surface area contributed by atoms with Crippen molar-refractivity contribution in [3.05, 3.63) is 90.5 Å². The minimum Gasteiger partial charge on any atom is -0.455 e. The molecule has 0 aliphatic carbocycles. The summed E-state index contributed by atoms with van der Waals surface area (Å²) >= 11 is 0. The van der Waals surface area contributed by atoms with Crippen molar-refractivity contribution in [1.82, 2.24) is 4.57 Å². The van der Waals surface area contributed by atoms with Gasteiger partial charge in [0.15, 0.2) is 0 Å². The number of nitrogens with zero attached hydrogens (tertiary/aromatic N) is 2. The topological polar surface area (TPSA) is 41.9 Å². The Morgan fingerprint density at radius 1 is 0.679 bits per heavy atom. The van der Waals surface area contributed by atoms with E-state index in [0.717, 1.165) is 49.4 Å². The molecule has 0 radical (unpaired) electrons. The maximum atomic E-state index is 9.65. The van der Waals surface area contributed by atoms with Gasteiger partial charge in [-0.25, -0.2) is 0 Å². The van der Waals surface area contributed by atoms with Gasteiger partial charge in [-0.1, -0.05) is 48.5 Å². The van der Waals surface area contributed by atoms with Crippen LogP contribution in [0, 0.1) is 11.3 Å². The van der Waals surface area contributed by atoms with Crippen molar-refractivity contribution in [1.29, 1.82) is 5.26 Å². The number of rotatable bonds is 1. The van der Waals surface area contributed by atoms with Crippen LogP contribution in [0.1, 0.15) is 5.56 Å². The predicted molar refractivity (Wildman–Crippen MR) is 113 cm³/mol. The summed E-state index contributed by atoms with van der Waals surface area (Å²) in [5, 5.41) is 14.1. The molecule has 0 saturated heterocycles. The number of hydrogen-bond acceptors (Lipinski definition) is 2. The lowest BCUT2D eigenvalue weighted by atomic mass is 10.1. The summed E-state index contributed by atoms with van der Waals surface area (Å²) in [6.45, 7) is 0. The summed E-state index contributed by atoms with van der Waals surface area (Å²) in [5.41, 5.74) is 5.41. The highest BCUT2D eigenvalue weighted by molar-refractivity contribution is 6.23. The number of furan rings is 1. The van der Waals surface area contributed by atoms with E-state index >= 15 is 0 Å². The highest BCUT2D eigenvalue weighted by Gasteiger charge is 2.19. The van der Waals surface area contributed by atoms with E-state index in [2.05, 4.69) is 41.0 Å². The van der Waals surface area contributed by atoms with E-state index in [4.69, 9.17) is 4.42 Å². The van der Waals surface area contributed by atoms with Gasteiger partial charge in [0, 0.05) is 16.2 Å². The van der Waals surface area contributed by atoms with Gasteiger partial charge in [-0.2, -0.15) is 5.26 Å². The Balaban J connectivity index is 1.88. The molecular formula is C25H14N2O. The number of para-hydroxylation sites is 3. The first-order valence-electron chi connectivity index (χ1n) is 9.20. The molecule has 0 amide bonds. The molecule has 0 saturated carbocycles. The average Bonchev–Trinajstić information content (AvgIpc) is 3.29. The first-order chi connectivity index (χ1) is 13.9. The number of aromatic nitrogens is 1. The van der Waals surface area contributed by atoms with Gasteiger partial charge in [-0.3, -0.25) is 0 Å². The zero-order valence-corrected chi connectivity index (χ0v) is 14.9. The maximum Gasteiger partial charge on any atom is 0.145 e. The normalized spacial score (nSPS) is 11.5. The molecule has 2 heterocycles. The van der Waals surface area contributed by atoms with Crippen molar-refractivity contribution < 1.29 is 4.42 Å². The van der Waals surface area contributed by atoms with Gasteiger partial charge in [-0.15, -0.1) is 0 Å². The third-order valence-electron chi connectivity index (χ3n) is 5.45. The Hall–Kier alpha value is -4.03. The molecule has 0 aliphatic heterocycles. The van der Waals surface area contributed by atoms with E-state index in [1.165, 1.54) is 0 Å². The van der Waals surface area contributed by atoms with Gasteiger partial charge < -0.3 is 8.98 Å². The van der Waals surface area contributed by atoms with Gasteiger partial charge in [0.25, 0.3) is 0 Å². The second kappa shape index (κ2) is 5.48. The molecule has 28 heavy (non-hydrogen) atoms. The maximum absolute atomic E-state index is 9.65. The Morgan fingerprint density at radius 3 is 2.32 bits per heavy atom. The first-order valence-corrected chi connectivity index (χ1v) is 9.20. The van der Waals surface area contributed by atoms with Crippen LogP contribution >= 0.6 is 0 Å². The number of nitriles is 1. The van der Waals surface area contributed by atoms with Crippen LogP contribution in [0.25, 0.3) is 49.4 Å². The fraction of sp³-hybridized carbons (Fsp3) is 0. The Kier molecular flexibility index (Phi) is 2.95. The number of fused-ring (bicyclic) bond motifs is 7. The van der Waals surface area contributed by atoms with E-state index in [0.29, 0.717) is 5.56 Å².